The number of hydrogen-bond donors (Lipinski definition) is 0. The van der Waals surface area contributed by atoms with Gasteiger partial charge in [0.1, 0.15) is 5.02 Å². The van der Waals surface area contributed by atoms with E-state index < -0.39 is 0 Å². The molecule has 1 aromatic heterocycles. The molecule has 0 saturated carbocycles. The Morgan fingerprint density at radius 2 is 2.00 bits per heavy atom. The van der Waals surface area contributed by atoms with Gasteiger partial charge in [-0.25, -0.2) is 0 Å². The Morgan fingerprint density at radius 3 is 2.50 bits per heavy atom. The van der Waals surface area contributed by atoms with Crippen molar-refractivity contribution >= 4 is 23.2 Å². The monoisotopic (exact) mass is 177 g/mol. The van der Waals surface area contributed by atoms with E-state index in [1.54, 1.807) is 19.1 Å². The lowest BCUT2D eigenvalue weighted by Crippen LogP contribution is -2.31. The molecule has 54 valence electrons. The molecule has 10 heavy (non-hydrogen) atoms. The van der Waals surface area contributed by atoms with Gasteiger partial charge in [0, 0.05) is 13.0 Å². The average molecular weight is 178 g/mol. The first-order valence-corrected chi connectivity index (χ1v) is 3.42. The molecule has 0 saturated heterocycles. The van der Waals surface area contributed by atoms with E-state index in [0.29, 0.717) is 10.4 Å². The van der Waals surface area contributed by atoms with Crippen molar-refractivity contribution in [1.29, 1.82) is 0 Å². The maximum Gasteiger partial charge on any atom is 0.305 e. The Balaban J connectivity index is 3.34. The fourth-order valence-electron chi connectivity index (χ4n) is 0.582. The zero-order chi connectivity index (χ0) is 7.72. The smallest absolute Gasteiger partial charge is 0.305 e. The van der Waals surface area contributed by atoms with Gasteiger partial charge in [0.25, 0.3) is 0 Å². The van der Waals surface area contributed by atoms with E-state index in [1.165, 1.54) is 0 Å². The van der Waals surface area contributed by atoms with Crippen molar-refractivity contribution < 1.29 is 4.73 Å². The summed E-state index contributed by atoms with van der Waals surface area (Å²) in [5.41, 5.74) is 0.536. The molecular weight excluding hydrogens is 173 g/mol. The summed E-state index contributed by atoms with van der Waals surface area (Å²) in [4.78, 5) is 0. The third kappa shape index (κ3) is 1.18. The predicted molar refractivity (Wildman–Crippen MR) is 40.2 cm³/mol. The quantitative estimate of drug-likeness (QED) is 0.338. The van der Waals surface area contributed by atoms with Gasteiger partial charge in [0.05, 0.1) is 0 Å². The molecule has 0 amide bonds. The fraction of sp³-hybridized carbons (Fsp3) is 0.167. The van der Waals surface area contributed by atoms with Crippen LogP contribution in [-0.4, -0.2) is 0 Å². The normalized spacial score (nSPS) is 9.90. The van der Waals surface area contributed by atoms with E-state index in [4.69, 9.17) is 23.2 Å². The number of halogens is 2. The molecule has 0 aromatic carbocycles. The number of rotatable bonds is 0. The molecule has 0 aliphatic rings. The van der Waals surface area contributed by atoms with Gasteiger partial charge in [0.15, 0.2) is 5.69 Å². The number of nitrogens with zero attached hydrogens (tertiary/aromatic N) is 1. The third-order valence-corrected chi connectivity index (χ3v) is 1.93. The van der Waals surface area contributed by atoms with Gasteiger partial charge >= 0.3 is 5.15 Å². The van der Waals surface area contributed by atoms with Crippen LogP contribution in [0.2, 0.25) is 10.2 Å². The Labute approximate surface area is 68.6 Å². The van der Waals surface area contributed by atoms with Crippen LogP contribution in [0.25, 0.3) is 0 Å². The predicted octanol–water partition coefficient (Wildman–Crippen LogP) is 1.94. The van der Waals surface area contributed by atoms with Crippen LogP contribution in [0.1, 0.15) is 5.69 Å². The summed E-state index contributed by atoms with van der Waals surface area (Å²) in [6.07, 6.45) is 0. The van der Waals surface area contributed by atoms with E-state index in [9.17, 15) is 5.21 Å². The van der Waals surface area contributed by atoms with Crippen molar-refractivity contribution in [2.45, 2.75) is 6.92 Å². The van der Waals surface area contributed by atoms with Crippen LogP contribution in [0, 0.1) is 12.1 Å². The van der Waals surface area contributed by atoms with Gasteiger partial charge in [-0.05, 0) is 17.7 Å². The molecule has 1 heterocycles. The molecule has 0 spiro atoms. The molecular formula is C6H5Cl2NO. The summed E-state index contributed by atoms with van der Waals surface area (Å²) in [7, 11) is 0. The van der Waals surface area contributed by atoms with Crippen LogP contribution in [0.15, 0.2) is 12.1 Å². The summed E-state index contributed by atoms with van der Waals surface area (Å²) in [6, 6.07) is 3.20. The minimum absolute atomic E-state index is 0.0293. The molecule has 2 nitrogen and oxygen atoms in total. The van der Waals surface area contributed by atoms with E-state index in [2.05, 4.69) is 0 Å². The van der Waals surface area contributed by atoms with Crippen LogP contribution in [-0.2, 0) is 0 Å². The SMILES string of the molecule is Cc1ccc(Cl)c(Cl)[n+]1[O-]. The van der Waals surface area contributed by atoms with Gasteiger partial charge in [-0.3, -0.25) is 0 Å². The van der Waals surface area contributed by atoms with Gasteiger partial charge in [-0.2, -0.15) is 4.73 Å². The fourth-order valence-corrected chi connectivity index (χ4v) is 0.918. The number of pyridine rings is 1. The third-order valence-electron chi connectivity index (χ3n) is 1.17. The van der Waals surface area contributed by atoms with Crippen LogP contribution in [0.3, 0.4) is 0 Å². The highest BCUT2D eigenvalue weighted by molar-refractivity contribution is 6.40. The van der Waals surface area contributed by atoms with Crippen LogP contribution >= 0.6 is 23.2 Å². The van der Waals surface area contributed by atoms with Crippen LogP contribution in [0.4, 0.5) is 0 Å². The van der Waals surface area contributed by atoms with Crippen LogP contribution in [0.5, 0.6) is 0 Å². The van der Waals surface area contributed by atoms with Crippen molar-refractivity contribution in [2.24, 2.45) is 0 Å². The molecule has 1 rings (SSSR count). The zero-order valence-electron chi connectivity index (χ0n) is 5.27. The molecule has 0 radical (unpaired) electrons. The molecule has 0 N–H and O–H groups in total. The van der Waals surface area contributed by atoms with E-state index in [1.807, 2.05) is 0 Å². The number of aryl methyl sites for hydroxylation is 1. The minimum atomic E-state index is 0.0293. The lowest BCUT2D eigenvalue weighted by molar-refractivity contribution is -0.609. The molecule has 0 bridgehead atoms. The minimum Gasteiger partial charge on any atom is -0.617 e. The second kappa shape index (κ2) is 2.64. The van der Waals surface area contributed by atoms with E-state index in [-0.39, 0.29) is 10.2 Å². The molecule has 0 aliphatic carbocycles. The summed E-state index contributed by atoms with van der Waals surface area (Å²) < 4.78 is 0.587. The first-order chi connectivity index (χ1) is 4.63. The van der Waals surface area contributed by atoms with Crippen molar-refractivity contribution in [1.82, 2.24) is 0 Å². The highest BCUT2D eigenvalue weighted by atomic mass is 35.5. The highest BCUT2D eigenvalue weighted by Gasteiger charge is 2.08. The molecule has 0 unspecified atom stereocenters. The standard InChI is InChI=1S/C6H5Cl2NO/c1-4-2-3-5(7)6(8)9(4)10/h2-3H,1H3. The summed E-state index contributed by atoms with van der Waals surface area (Å²) in [5.74, 6) is 0. The maximum absolute atomic E-state index is 10.9. The first-order valence-electron chi connectivity index (χ1n) is 2.67. The Kier molecular flexibility index (Phi) is 2.02. The van der Waals surface area contributed by atoms with E-state index >= 15 is 0 Å². The molecule has 4 heteroatoms. The average Bonchev–Trinajstić information content (AvgIpc) is 1.93. The molecule has 0 fully saturated rings. The molecule has 1 aromatic rings. The molecule has 0 aliphatic heterocycles. The summed E-state index contributed by atoms with van der Waals surface area (Å²) in [6.45, 7) is 1.66. The lowest BCUT2D eigenvalue weighted by atomic mass is 10.4. The van der Waals surface area contributed by atoms with Gasteiger partial charge in [-0.1, -0.05) is 11.6 Å². The second-order valence-electron chi connectivity index (χ2n) is 1.91. The topological polar surface area (TPSA) is 26.9 Å². The van der Waals surface area contributed by atoms with Crippen molar-refractivity contribution in [3.05, 3.63) is 33.2 Å². The van der Waals surface area contributed by atoms with Gasteiger partial charge in [0.2, 0.25) is 0 Å². The Bertz CT molecular complexity index is 235. The Hall–Kier alpha value is -0.470. The largest absolute Gasteiger partial charge is 0.617 e. The number of aromatic nitrogens is 1. The van der Waals surface area contributed by atoms with Crippen molar-refractivity contribution in [3.8, 4) is 0 Å². The molecule has 0 atom stereocenters. The highest BCUT2D eigenvalue weighted by Crippen LogP contribution is 2.16. The van der Waals surface area contributed by atoms with Gasteiger partial charge < -0.3 is 5.21 Å². The maximum atomic E-state index is 10.9. The first kappa shape index (κ1) is 7.63. The van der Waals surface area contributed by atoms with Gasteiger partial charge in [-0.15, -0.1) is 0 Å². The lowest BCUT2D eigenvalue weighted by Gasteiger charge is -2.01. The van der Waals surface area contributed by atoms with E-state index in [0.717, 1.165) is 0 Å². The summed E-state index contributed by atoms with van der Waals surface area (Å²) >= 11 is 11.0. The Morgan fingerprint density at radius 1 is 1.40 bits per heavy atom. The second-order valence-corrected chi connectivity index (χ2v) is 2.67. The number of hydrogen-bond acceptors (Lipinski definition) is 1. The summed E-state index contributed by atoms with van der Waals surface area (Å²) in [5, 5.41) is 11.2. The zero-order valence-corrected chi connectivity index (χ0v) is 6.78. The van der Waals surface area contributed by atoms with Crippen LogP contribution < -0.4 is 4.73 Å². The van der Waals surface area contributed by atoms with Crippen molar-refractivity contribution in [2.75, 3.05) is 0 Å². The van der Waals surface area contributed by atoms with Crippen molar-refractivity contribution in [3.63, 3.8) is 0 Å².